The highest BCUT2D eigenvalue weighted by Gasteiger charge is 2.20. The molecule has 31 heavy (non-hydrogen) atoms. The number of thiazole rings is 2. The molecule has 0 aliphatic heterocycles. The number of rotatable bonds is 4. The molecule has 0 saturated carbocycles. The molecule has 0 aliphatic carbocycles. The van der Waals surface area contributed by atoms with Crippen LogP contribution in [0.1, 0.15) is 51.5 Å². The number of aliphatic hydroxyl groups excluding tert-OH is 1. The first-order valence-corrected chi connectivity index (χ1v) is 11.7. The van der Waals surface area contributed by atoms with Crippen LogP contribution in [0.2, 0.25) is 0 Å². The van der Waals surface area contributed by atoms with Crippen molar-refractivity contribution in [1.82, 2.24) is 15.0 Å². The van der Waals surface area contributed by atoms with Gasteiger partial charge >= 0.3 is 6.09 Å². The van der Waals surface area contributed by atoms with Gasteiger partial charge < -0.3 is 9.84 Å². The van der Waals surface area contributed by atoms with E-state index >= 15 is 0 Å². The van der Waals surface area contributed by atoms with Crippen molar-refractivity contribution in [1.29, 1.82) is 0 Å². The van der Waals surface area contributed by atoms with Crippen LogP contribution >= 0.6 is 22.7 Å². The summed E-state index contributed by atoms with van der Waals surface area (Å²) >= 11 is 2.94. The highest BCUT2D eigenvalue weighted by molar-refractivity contribution is 7.28. The Kier molecular flexibility index (Phi) is 5.67. The molecule has 3 heterocycles. The Hall–Kier alpha value is -2.62. The number of hydrogen-bond acceptors (Lipinski definition) is 8. The Labute approximate surface area is 188 Å². The summed E-state index contributed by atoms with van der Waals surface area (Å²) in [5, 5.41) is 13.3. The highest BCUT2D eigenvalue weighted by Crippen LogP contribution is 2.41. The smallest absolute Gasteiger partial charge is 0.413 e. The number of benzene rings is 1. The molecule has 162 valence electrons. The van der Waals surface area contributed by atoms with Gasteiger partial charge in [0.2, 0.25) is 0 Å². The van der Waals surface area contributed by atoms with Crippen LogP contribution in [0, 0.1) is 6.92 Å². The van der Waals surface area contributed by atoms with Crippen LogP contribution in [-0.2, 0) is 4.74 Å². The zero-order valence-electron chi connectivity index (χ0n) is 18.0. The molecule has 9 heteroatoms. The first-order chi connectivity index (χ1) is 14.7. The van der Waals surface area contributed by atoms with Gasteiger partial charge in [-0.3, -0.25) is 10.3 Å². The number of aliphatic hydroxyl groups is 1. The topological polar surface area (TPSA) is 97.2 Å². The zero-order valence-corrected chi connectivity index (χ0v) is 19.6. The summed E-state index contributed by atoms with van der Waals surface area (Å²) in [6.07, 6.45) is 1.29. The number of hydrogen-bond donors (Lipinski definition) is 2. The molecule has 4 rings (SSSR count). The Morgan fingerprint density at radius 3 is 2.68 bits per heavy atom. The van der Waals surface area contributed by atoms with E-state index in [9.17, 15) is 9.90 Å². The van der Waals surface area contributed by atoms with E-state index in [1.807, 2.05) is 52.3 Å². The minimum absolute atomic E-state index is 0.479. The van der Waals surface area contributed by atoms with E-state index in [4.69, 9.17) is 4.74 Å². The van der Waals surface area contributed by atoms with Crippen molar-refractivity contribution < 1.29 is 14.6 Å². The van der Waals surface area contributed by atoms with Gasteiger partial charge in [-0.25, -0.2) is 14.8 Å². The van der Waals surface area contributed by atoms with E-state index in [0.29, 0.717) is 17.2 Å². The molecule has 0 bridgehead atoms. The number of amides is 1. The number of ether oxygens (including phenoxy) is 1. The average molecular weight is 457 g/mol. The van der Waals surface area contributed by atoms with Gasteiger partial charge in [0.05, 0.1) is 37.7 Å². The summed E-state index contributed by atoms with van der Waals surface area (Å²) in [6.45, 7) is 9.38. The number of carbonyl (C=O) groups is 1. The average Bonchev–Trinajstić information content (AvgIpc) is 3.31. The molecular formula is C22H24N4O3S2. The van der Waals surface area contributed by atoms with Gasteiger partial charge in [0.25, 0.3) is 0 Å². The second-order valence-electron chi connectivity index (χ2n) is 8.30. The summed E-state index contributed by atoms with van der Waals surface area (Å²) < 4.78 is 7.32. The third-order valence-electron chi connectivity index (χ3n) is 4.72. The van der Waals surface area contributed by atoms with E-state index in [1.165, 1.54) is 11.3 Å². The van der Waals surface area contributed by atoms with Crippen LogP contribution in [0.3, 0.4) is 0 Å². The Bertz CT molecular complexity index is 1270. The minimum atomic E-state index is -0.582. The summed E-state index contributed by atoms with van der Waals surface area (Å²) in [5.41, 5.74) is 6.43. The highest BCUT2D eigenvalue weighted by atomic mass is 32.1. The lowest BCUT2D eigenvalue weighted by atomic mass is 9.99. The van der Waals surface area contributed by atoms with Crippen LogP contribution in [0.4, 0.5) is 9.93 Å². The van der Waals surface area contributed by atoms with Crippen LogP contribution in [0.15, 0.2) is 23.8 Å². The monoisotopic (exact) mass is 456 g/mol. The SMILES string of the molecule is CCC(O)c1cc(C)c(-c2cc3nc(NC(=O)OC(C)(C)C)sc3c3scnc23)cn1. The van der Waals surface area contributed by atoms with Crippen molar-refractivity contribution in [3.63, 3.8) is 0 Å². The summed E-state index contributed by atoms with van der Waals surface area (Å²) in [7, 11) is 0. The maximum atomic E-state index is 12.2. The quantitative estimate of drug-likeness (QED) is 0.387. The van der Waals surface area contributed by atoms with Crippen LogP contribution < -0.4 is 5.32 Å². The molecule has 3 aromatic heterocycles. The fourth-order valence-electron chi connectivity index (χ4n) is 3.30. The third-order valence-corrected chi connectivity index (χ3v) is 6.70. The van der Waals surface area contributed by atoms with E-state index in [1.54, 1.807) is 17.5 Å². The van der Waals surface area contributed by atoms with Crippen LogP contribution in [0.5, 0.6) is 0 Å². The number of fused-ring (bicyclic) bond motifs is 3. The molecule has 1 amide bonds. The molecule has 2 N–H and O–H groups in total. The first kappa shape index (κ1) is 21.6. The Balaban J connectivity index is 1.77. The van der Waals surface area contributed by atoms with Gasteiger partial charge in [0.1, 0.15) is 5.60 Å². The van der Waals surface area contributed by atoms with Gasteiger partial charge in [0, 0.05) is 17.3 Å². The lowest BCUT2D eigenvalue weighted by molar-refractivity contribution is 0.0636. The van der Waals surface area contributed by atoms with Crippen molar-refractivity contribution in [2.75, 3.05) is 5.32 Å². The van der Waals surface area contributed by atoms with Crippen molar-refractivity contribution in [2.24, 2.45) is 0 Å². The van der Waals surface area contributed by atoms with Gasteiger partial charge in [-0.15, -0.1) is 11.3 Å². The molecule has 0 saturated heterocycles. The molecule has 4 aromatic rings. The van der Waals surface area contributed by atoms with Crippen molar-refractivity contribution in [2.45, 2.75) is 52.7 Å². The van der Waals surface area contributed by atoms with Crippen molar-refractivity contribution in [3.05, 3.63) is 35.1 Å². The first-order valence-electron chi connectivity index (χ1n) is 9.98. The zero-order chi connectivity index (χ0) is 22.3. The van der Waals surface area contributed by atoms with Gasteiger partial charge in [0.15, 0.2) is 5.13 Å². The van der Waals surface area contributed by atoms with E-state index < -0.39 is 17.8 Å². The normalized spacial score (nSPS) is 13.0. The largest absolute Gasteiger partial charge is 0.444 e. The summed E-state index contributed by atoms with van der Waals surface area (Å²) in [5.74, 6) is 0. The van der Waals surface area contributed by atoms with Crippen molar-refractivity contribution in [3.8, 4) is 11.1 Å². The molecule has 0 aliphatic rings. The molecule has 0 spiro atoms. The maximum absolute atomic E-state index is 12.2. The number of aromatic nitrogens is 3. The predicted molar refractivity (Wildman–Crippen MR) is 126 cm³/mol. The fraction of sp³-hybridized carbons (Fsp3) is 0.364. The lowest BCUT2D eigenvalue weighted by Crippen LogP contribution is -2.27. The number of nitrogens with one attached hydrogen (secondary N) is 1. The molecular weight excluding hydrogens is 432 g/mol. The van der Waals surface area contributed by atoms with Gasteiger partial charge in [-0.05, 0) is 51.8 Å². The van der Waals surface area contributed by atoms with Crippen molar-refractivity contribution >= 4 is 54.3 Å². The number of nitrogens with zero attached hydrogens (tertiary/aromatic N) is 3. The number of anilines is 1. The maximum Gasteiger partial charge on any atom is 0.413 e. The predicted octanol–water partition coefficient (Wildman–Crippen LogP) is 6.07. The van der Waals surface area contributed by atoms with Crippen LogP contribution in [-0.4, -0.2) is 31.8 Å². The molecule has 1 atom stereocenters. The standard InChI is InChI=1S/C22H24N4O3S2/c1-6-16(27)14-7-11(2)13(9-23-14)12-8-15-18(19-17(12)24-10-30-19)31-20(25-15)26-21(28)29-22(3,4)5/h7-10,16,27H,6H2,1-5H3,(H,25,26,28). The second-order valence-corrected chi connectivity index (χ2v) is 10.2. The molecule has 0 fully saturated rings. The second kappa shape index (κ2) is 8.14. The number of aryl methyl sites for hydroxylation is 1. The Morgan fingerprint density at radius 1 is 1.23 bits per heavy atom. The molecule has 1 unspecified atom stereocenters. The third kappa shape index (κ3) is 4.39. The number of carbonyl (C=O) groups excluding carboxylic acids is 1. The summed E-state index contributed by atoms with van der Waals surface area (Å²) in [4.78, 5) is 25.8. The Morgan fingerprint density at radius 2 is 2.00 bits per heavy atom. The number of pyridine rings is 1. The molecule has 7 nitrogen and oxygen atoms in total. The van der Waals surface area contributed by atoms with E-state index in [-0.39, 0.29) is 0 Å². The molecule has 1 aromatic carbocycles. The van der Waals surface area contributed by atoms with Gasteiger partial charge in [-0.2, -0.15) is 0 Å². The van der Waals surface area contributed by atoms with E-state index in [0.717, 1.165) is 37.1 Å². The molecule has 0 radical (unpaired) electrons. The van der Waals surface area contributed by atoms with Gasteiger partial charge in [-0.1, -0.05) is 18.3 Å². The minimum Gasteiger partial charge on any atom is -0.444 e. The fourth-order valence-corrected chi connectivity index (χ4v) is 5.19. The van der Waals surface area contributed by atoms with Crippen LogP contribution in [0.25, 0.3) is 31.6 Å². The lowest BCUT2D eigenvalue weighted by Gasteiger charge is -2.18. The van der Waals surface area contributed by atoms with E-state index in [2.05, 4.69) is 20.3 Å². The summed E-state index contributed by atoms with van der Waals surface area (Å²) in [6, 6.07) is 3.90.